The van der Waals surface area contributed by atoms with Crippen LogP contribution in [0.25, 0.3) is 0 Å². The summed E-state index contributed by atoms with van der Waals surface area (Å²) in [5.74, 6) is 1.12. The van der Waals surface area contributed by atoms with E-state index in [4.69, 9.17) is 4.74 Å². The topological polar surface area (TPSA) is 49.9 Å². The predicted octanol–water partition coefficient (Wildman–Crippen LogP) is 1.37. The smallest absolute Gasteiger partial charge is 0.231 e. The number of amides is 2. The molecule has 4 rings (SSSR count). The van der Waals surface area contributed by atoms with E-state index in [2.05, 4.69) is 4.90 Å². The zero-order valence-electron chi connectivity index (χ0n) is 12.6. The van der Waals surface area contributed by atoms with E-state index < -0.39 is 0 Å². The number of carbonyl (C=O) groups is 2. The van der Waals surface area contributed by atoms with E-state index in [1.54, 1.807) is 4.90 Å². The Balaban J connectivity index is 1.69. The second kappa shape index (κ2) is 5.06. The minimum atomic E-state index is -0.283. The number of hydrogen-bond acceptors (Lipinski definition) is 4. The van der Waals surface area contributed by atoms with Crippen LogP contribution < -0.4 is 0 Å². The first-order valence-corrected chi connectivity index (χ1v) is 8.45. The van der Waals surface area contributed by atoms with Gasteiger partial charge in [-0.15, -0.1) is 0 Å². The molecule has 2 amide bonds. The summed E-state index contributed by atoms with van der Waals surface area (Å²) in [6.45, 7) is 3.14. The van der Waals surface area contributed by atoms with E-state index in [1.807, 2.05) is 0 Å². The van der Waals surface area contributed by atoms with E-state index in [-0.39, 0.29) is 17.5 Å². The van der Waals surface area contributed by atoms with Crippen molar-refractivity contribution in [3.8, 4) is 0 Å². The third-order valence-corrected chi connectivity index (χ3v) is 5.93. The van der Waals surface area contributed by atoms with Crippen LogP contribution in [-0.2, 0) is 14.3 Å². The molecule has 0 aromatic heterocycles. The number of likely N-dealkylation sites (tertiary alicyclic amines) is 1. The standard InChI is InChI=1S/C16H24N2O3/c19-14-6-7-15(20)18(14)16(17-8-10-21-11-9-17)12-4-2-1-3-5-13(12)16/h12-13H,1-11H2. The van der Waals surface area contributed by atoms with Crippen molar-refractivity contribution in [2.75, 3.05) is 26.3 Å². The summed E-state index contributed by atoms with van der Waals surface area (Å²) in [7, 11) is 0. The van der Waals surface area contributed by atoms with Gasteiger partial charge in [-0.1, -0.05) is 19.3 Å². The maximum absolute atomic E-state index is 12.4. The highest BCUT2D eigenvalue weighted by Crippen LogP contribution is 2.63. The van der Waals surface area contributed by atoms with E-state index >= 15 is 0 Å². The quantitative estimate of drug-likeness (QED) is 0.721. The lowest BCUT2D eigenvalue weighted by atomic mass is 10.1. The number of nitrogens with zero attached hydrogens (tertiary/aromatic N) is 2. The molecular formula is C16H24N2O3. The number of fused-ring (bicyclic) bond motifs is 1. The van der Waals surface area contributed by atoms with Gasteiger partial charge in [0.2, 0.25) is 11.8 Å². The molecule has 116 valence electrons. The van der Waals surface area contributed by atoms with Crippen LogP contribution in [0, 0.1) is 11.8 Å². The van der Waals surface area contributed by atoms with Crippen molar-refractivity contribution >= 4 is 11.8 Å². The second-order valence-electron chi connectivity index (χ2n) is 6.86. The minimum Gasteiger partial charge on any atom is -0.379 e. The van der Waals surface area contributed by atoms with Gasteiger partial charge in [0.05, 0.1) is 13.2 Å². The molecular weight excluding hydrogens is 268 g/mol. The maximum atomic E-state index is 12.4. The van der Waals surface area contributed by atoms with Gasteiger partial charge in [-0.2, -0.15) is 0 Å². The molecule has 0 aromatic rings. The fourth-order valence-electron chi connectivity index (χ4n) is 5.08. The Kier molecular flexibility index (Phi) is 3.30. The average molecular weight is 292 g/mol. The normalized spacial score (nSPS) is 41.0. The first-order valence-electron chi connectivity index (χ1n) is 8.45. The lowest BCUT2D eigenvalue weighted by Crippen LogP contribution is -2.58. The molecule has 4 aliphatic rings. The van der Waals surface area contributed by atoms with Gasteiger partial charge in [-0.25, -0.2) is 0 Å². The molecule has 2 saturated heterocycles. The Morgan fingerprint density at radius 2 is 1.48 bits per heavy atom. The van der Waals surface area contributed by atoms with Crippen LogP contribution in [0.15, 0.2) is 0 Å². The van der Waals surface area contributed by atoms with Gasteiger partial charge in [0.25, 0.3) is 0 Å². The summed E-state index contributed by atoms with van der Waals surface area (Å²) in [6, 6.07) is 0. The van der Waals surface area contributed by atoms with Crippen LogP contribution in [0.4, 0.5) is 0 Å². The maximum Gasteiger partial charge on any atom is 0.231 e. The van der Waals surface area contributed by atoms with Crippen LogP contribution in [0.1, 0.15) is 44.9 Å². The second-order valence-corrected chi connectivity index (χ2v) is 6.86. The van der Waals surface area contributed by atoms with E-state index in [0.717, 1.165) is 26.3 Å². The number of imide groups is 1. The monoisotopic (exact) mass is 292 g/mol. The molecule has 2 aliphatic heterocycles. The molecule has 2 atom stereocenters. The molecule has 5 nitrogen and oxygen atoms in total. The highest BCUT2D eigenvalue weighted by Gasteiger charge is 2.72. The summed E-state index contributed by atoms with van der Waals surface area (Å²) in [5, 5.41) is 0. The van der Waals surface area contributed by atoms with Crippen molar-refractivity contribution in [2.24, 2.45) is 11.8 Å². The van der Waals surface area contributed by atoms with Crippen molar-refractivity contribution in [2.45, 2.75) is 50.6 Å². The van der Waals surface area contributed by atoms with E-state index in [1.165, 1.54) is 32.1 Å². The summed E-state index contributed by atoms with van der Waals surface area (Å²) in [4.78, 5) is 28.9. The van der Waals surface area contributed by atoms with Gasteiger partial charge in [0, 0.05) is 37.8 Å². The van der Waals surface area contributed by atoms with Gasteiger partial charge >= 0.3 is 0 Å². The number of ether oxygens (including phenoxy) is 1. The molecule has 5 heteroatoms. The fourth-order valence-corrected chi connectivity index (χ4v) is 5.08. The summed E-state index contributed by atoms with van der Waals surface area (Å²) < 4.78 is 5.49. The third-order valence-electron chi connectivity index (χ3n) is 5.93. The average Bonchev–Trinajstić information content (AvgIpc) is 3.09. The van der Waals surface area contributed by atoms with Gasteiger partial charge < -0.3 is 4.74 Å². The van der Waals surface area contributed by atoms with Crippen LogP contribution in [-0.4, -0.2) is 53.6 Å². The van der Waals surface area contributed by atoms with Gasteiger partial charge in [0.1, 0.15) is 5.66 Å². The van der Waals surface area contributed by atoms with Crippen molar-refractivity contribution < 1.29 is 14.3 Å². The number of hydrogen-bond donors (Lipinski definition) is 0. The zero-order chi connectivity index (χ0) is 14.4. The Morgan fingerprint density at radius 1 is 0.905 bits per heavy atom. The SMILES string of the molecule is O=C1CCC(=O)N1C1(N2CCOCC2)C2CCCCCC21. The summed E-state index contributed by atoms with van der Waals surface area (Å²) >= 11 is 0. The van der Waals surface area contributed by atoms with Crippen LogP contribution >= 0.6 is 0 Å². The number of morpholine rings is 1. The lowest BCUT2D eigenvalue weighted by molar-refractivity contribution is -0.153. The van der Waals surface area contributed by atoms with Crippen LogP contribution in [0.5, 0.6) is 0 Å². The molecule has 2 aliphatic carbocycles. The van der Waals surface area contributed by atoms with Crippen LogP contribution in [0.3, 0.4) is 0 Å². The highest BCUT2D eigenvalue weighted by atomic mass is 16.5. The largest absolute Gasteiger partial charge is 0.379 e. The van der Waals surface area contributed by atoms with E-state index in [0.29, 0.717) is 24.7 Å². The van der Waals surface area contributed by atoms with Crippen molar-refractivity contribution in [1.29, 1.82) is 0 Å². The van der Waals surface area contributed by atoms with E-state index in [9.17, 15) is 9.59 Å². The molecule has 0 bridgehead atoms. The molecule has 2 heterocycles. The van der Waals surface area contributed by atoms with Crippen molar-refractivity contribution in [3.63, 3.8) is 0 Å². The number of carbonyl (C=O) groups excluding carboxylic acids is 2. The first-order chi connectivity index (χ1) is 10.3. The number of rotatable bonds is 2. The van der Waals surface area contributed by atoms with Crippen molar-refractivity contribution in [3.05, 3.63) is 0 Å². The Hall–Kier alpha value is -0.940. The molecule has 2 saturated carbocycles. The summed E-state index contributed by atoms with van der Waals surface area (Å²) in [6.07, 6.45) is 6.92. The molecule has 2 unspecified atom stereocenters. The van der Waals surface area contributed by atoms with Gasteiger partial charge in [-0.3, -0.25) is 19.4 Å². The van der Waals surface area contributed by atoms with Gasteiger partial charge in [0.15, 0.2) is 0 Å². The van der Waals surface area contributed by atoms with Crippen molar-refractivity contribution in [1.82, 2.24) is 9.80 Å². The zero-order valence-corrected chi connectivity index (χ0v) is 12.6. The van der Waals surface area contributed by atoms with Gasteiger partial charge in [-0.05, 0) is 12.8 Å². The Morgan fingerprint density at radius 3 is 2.05 bits per heavy atom. The predicted molar refractivity (Wildman–Crippen MR) is 76.3 cm³/mol. The molecule has 0 N–H and O–H groups in total. The fraction of sp³-hybridized carbons (Fsp3) is 0.875. The molecule has 0 radical (unpaired) electrons. The summed E-state index contributed by atoms with van der Waals surface area (Å²) in [5.41, 5.74) is -0.283. The third kappa shape index (κ3) is 1.90. The Bertz CT molecular complexity index is 430. The first kappa shape index (κ1) is 13.7. The Labute approximate surface area is 125 Å². The molecule has 21 heavy (non-hydrogen) atoms. The molecule has 0 aromatic carbocycles. The van der Waals surface area contributed by atoms with Crippen LogP contribution in [0.2, 0.25) is 0 Å². The molecule has 4 fully saturated rings. The molecule has 0 spiro atoms. The lowest BCUT2D eigenvalue weighted by Gasteiger charge is -2.41. The highest BCUT2D eigenvalue weighted by molar-refractivity contribution is 6.03. The minimum absolute atomic E-state index is 0.0552.